The molecule has 6 heteroatoms. The highest BCUT2D eigenvalue weighted by molar-refractivity contribution is 9.10. The smallest absolute Gasteiger partial charge is 0.305 e. The molecule has 1 aromatic heterocycles. The van der Waals surface area contributed by atoms with Crippen molar-refractivity contribution in [3.05, 3.63) is 28.5 Å². The predicted molar refractivity (Wildman–Crippen MR) is 68.2 cm³/mol. The van der Waals surface area contributed by atoms with Gasteiger partial charge in [-0.05, 0) is 46.8 Å². The van der Waals surface area contributed by atoms with Gasteiger partial charge in [0.2, 0.25) is 0 Å². The number of carboxylic acid groups (broad SMARTS) is 1. The maximum atomic E-state index is 12.0. The SMILES string of the molecule is O=C(O)CC(NC(=O)c1ncccc1Br)C1CC1. The molecule has 1 aromatic rings. The van der Waals surface area contributed by atoms with Gasteiger partial charge in [0, 0.05) is 16.7 Å². The van der Waals surface area contributed by atoms with Crippen LogP contribution in [0.2, 0.25) is 0 Å². The third kappa shape index (κ3) is 3.29. The minimum atomic E-state index is -0.896. The molecule has 1 amide bonds. The van der Waals surface area contributed by atoms with Crippen LogP contribution in [-0.4, -0.2) is 28.0 Å². The van der Waals surface area contributed by atoms with Crippen LogP contribution in [0.4, 0.5) is 0 Å². The second kappa shape index (κ2) is 5.48. The van der Waals surface area contributed by atoms with Crippen molar-refractivity contribution in [1.82, 2.24) is 10.3 Å². The maximum Gasteiger partial charge on any atom is 0.305 e. The molecule has 0 radical (unpaired) electrons. The lowest BCUT2D eigenvalue weighted by atomic mass is 10.1. The Balaban J connectivity index is 2.05. The van der Waals surface area contributed by atoms with Crippen LogP contribution in [0.25, 0.3) is 0 Å². The van der Waals surface area contributed by atoms with Crippen LogP contribution in [0.5, 0.6) is 0 Å². The molecule has 0 aromatic carbocycles. The third-order valence-electron chi connectivity index (χ3n) is 2.88. The van der Waals surface area contributed by atoms with E-state index < -0.39 is 5.97 Å². The van der Waals surface area contributed by atoms with E-state index in [1.165, 1.54) is 6.20 Å². The molecular weight excluding hydrogens is 300 g/mol. The van der Waals surface area contributed by atoms with E-state index in [0.717, 1.165) is 12.8 Å². The number of aromatic nitrogens is 1. The van der Waals surface area contributed by atoms with Crippen molar-refractivity contribution in [2.75, 3.05) is 0 Å². The van der Waals surface area contributed by atoms with Gasteiger partial charge in [-0.2, -0.15) is 0 Å². The molecule has 1 fully saturated rings. The first kappa shape index (κ1) is 13.0. The number of rotatable bonds is 5. The average Bonchev–Trinajstić information content (AvgIpc) is 3.11. The molecule has 0 saturated heterocycles. The number of aliphatic carboxylic acids is 1. The second-order valence-corrected chi connectivity index (χ2v) is 5.20. The topological polar surface area (TPSA) is 79.3 Å². The number of amides is 1. The quantitative estimate of drug-likeness (QED) is 0.869. The van der Waals surface area contributed by atoms with Crippen molar-refractivity contribution in [2.24, 2.45) is 5.92 Å². The molecule has 0 aliphatic heterocycles. The lowest BCUT2D eigenvalue weighted by Crippen LogP contribution is -2.38. The molecule has 1 atom stereocenters. The zero-order valence-corrected chi connectivity index (χ0v) is 11.2. The summed E-state index contributed by atoms with van der Waals surface area (Å²) >= 11 is 3.25. The lowest BCUT2D eigenvalue weighted by Gasteiger charge is -2.16. The number of hydrogen-bond donors (Lipinski definition) is 2. The fraction of sp³-hybridized carbons (Fsp3) is 0.417. The van der Waals surface area contributed by atoms with Crippen molar-refractivity contribution in [2.45, 2.75) is 25.3 Å². The van der Waals surface area contributed by atoms with Crippen molar-refractivity contribution in [3.8, 4) is 0 Å². The summed E-state index contributed by atoms with van der Waals surface area (Å²) in [5.41, 5.74) is 0.286. The van der Waals surface area contributed by atoms with Crippen molar-refractivity contribution < 1.29 is 14.7 Å². The Labute approximate surface area is 113 Å². The van der Waals surface area contributed by atoms with Gasteiger partial charge in [-0.3, -0.25) is 9.59 Å². The summed E-state index contributed by atoms with van der Waals surface area (Å²) in [5.74, 6) is -0.944. The molecule has 5 nitrogen and oxygen atoms in total. The number of carboxylic acids is 1. The van der Waals surface area contributed by atoms with Gasteiger partial charge in [-0.1, -0.05) is 0 Å². The first-order valence-electron chi connectivity index (χ1n) is 5.71. The van der Waals surface area contributed by atoms with E-state index in [1.54, 1.807) is 12.1 Å². The number of nitrogens with one attached hydrogen (secondary N) is 1. The van der Waals surface area contributed by atoms with Gasteiger partial charge >= 0.3 is 5.97 Å². The Morgan fingerprint density at radius 3 is 2.83 bits per heavy atom. The third-order valence-corrected chi connectivity index (χ3v) is 3.52. The Bertz CT molecular complexity index is 474. The molecule has 1 unspecified atom stereocenters. The molecule has 1 heterocycles. The minimum Gasteiger partial charge on any atom is -0.481 e. The van der Waals surface area contributed by atoms with E-state index in [-0.39, 0.29) is 30.0 Å². The first-order valence-corrected chi connectivity index (χ1v) is 6.50. The Kier molecular flexibility index (Phi) is 3.96. The van der Waals surface area contributed by atoms with E-state index in [4.69, 9.17) is 5.11 Å². The van der Waals surface area contributed by atoms with Gasteiger partial charge in [0.25, 0.3) is 5.91 Å². The van der Waals surface area contributed by atoms with Crippen molar-refractivity contribution >= 4 is 27.8 Å². The zero-order valence-electron chi connectivity index (χ0n) is 9.60. The summed E-state index contributed by atoms with van der Waals surface area (Å²) in [4.78, 5) is 26.7. The Hall–Kier alpha value is -1.43. The monoisotopic (exact) mass is 312 g/mol. The molecular formula is C12H13BrN2O3. The normalized spacial score (nSPS) is 16.1. The van der Waals surface area contributed by atoms with Crippen molar-refractivity contribution in [1.29, 1.82) is 0 Å². The van der Waals surface area contributed by atoms with Gasteiger partial charge in [0.05, 0.1) is 6.42 Å². The first-order chi connectivity index (χ1) is 8.58. The maximum absolute atomic E-state index is 12.0. The molecule has 2 rings (SSSR count). The highest BCUT2D eigenvalue weighted by atomic mass is 79.9. The van der Waals surface area contributed by atoms with Crippen LogP contribution in [0.1, 0.15) is 29.8 Å². The van der Waals surface area contributed by atoms with Crippen LogP contribution in [0.15, 0.2) is 22.8 Å². The molecule has 1 saturated carbocycles. The Morgan fingerprint density at radius 2 is 2.28 bits per heavy atom. The van der Waals surface area contributed by atoms with Gasteiger partial charge < -0.3 is 10.4 Å². The summed E-state index contributed by atoms with van der Waals surface area (Å²) in [5, 5.41) is 11.6. The van der Waals surface area contributed by atoms with E-state index in [1.807, 2.05) is 0 Å². The van der Waals surface area contributed by atoms with Gasteiger partial charge in [-0.25, -0.2) is 4.98 Å². The highest BCUT2D eigenvalue weighted by Crippen LogP contribution is 2.34. The summed E-state index contributed by atoms with van der Waals surface area (Å²) < 4.78 is 0.604. The van der Waals surface area contributed by atoms with Crippen LogP contribution in [-0.2, 0) is 4.79 Å². The van der Waals surface area contributed by atoms with Crippen molar-refractivity contribution in [3.63, 3.8) is 0 Å². The highest BCUT2D eigenvalue weighted by Gasteiger charge is 2.34. The average molecular weight is 313 g/mol. The molecule has 0 spiro atoms. The largest absolute Gasteiger partial charge is 0.481 e. The fourth-order valence-electron chi connectivity index (χ4n) is 1.81. The predicted octanol–water partition coefficient (Wildman–Crippen LogP) is 1.83. The standard InChI is InChI=1S/C12H13BrN2O3/c13-8-2-1-5-14-11(8)12(18)15-9(6-10(16)17)7-3-4-7/h1-2,5,7,9H,3-4,6H2,(H,15,18)(H,16,17). The van der Waals surface area contributed by atoms with Crippen LogP contribution < -0.4 is 5.32 Å². The van der Waals surface area contributed by atoms with E-state index in [9.17, 15) is 9.59 Å². The summed E-state index contributed by atoms with van der Waals surface area (Å²) in [6.45, 7) is 0. The number of carbonyl (C=O) groups excluding carboxylic acids is 1. The molecule has 0 bridgehead atoms. The van der Waals surface area contributed by atoms with E-state index in [0.29, 0.717) is 4.47 Å². The second-order valence-electron chi connectivity index (χ2n) is 4.35. The minimum absolute atomic E-state index is 0.0408. The molecule has 96 valence electrons. The van der Waals surface area contributed by atoms with Crippen LogP contribution >= 0.6 is 15.9 Å². The van der Waals surface area contributed by atoms with E-state index in [2.05, 4.69) is 26.2 Å². The number of carbonyl (C=O) groups is 2. The van der Waals surface area contributed by atoms with Gasteiger partial charge in [0.15, 0.2) is 0 Å². The lowest BCUT2D eigenvalue weighted by molar-refractivity contribution is -0.137. The Morgan fingerprint density at radius 1 is 1.56 bits per heavy atom. The fourth-order valence-corrected chi connectivity index (χ4v) is 2.25. The molecule has 1 aliphatic rings. The zero-order chi connectivity index (χ0) is 13.1. The van der Waals surface area contributed by atoms with Crippen LogP contribution in [0.3, 0.4) is 0 Å². The number of hydrogen-bond acceptors (Lipinski definition) is 3. The summed E-state index contributed by atoms with van der Waals surface area (Å²) in [6.07, 6.45) is 3.44. The van der Waals surface area contributed by atoms with Gasteiger partial charge in [0.1, 0.15) is 5.69 Å². The molecule has 1 aliphatic carbocycles. The summed E-state index contributed by atoms with van der Waals surface area (Å²) in [7, 11) is 0. The van der Waals surface area contributed by atoms with Crippen LogP contribution in [0, 0.1) is 5.92 Å². The molecule has 18 heavy (non-hydrogen) atoms. The summed E-state index contributed by atoms with van der Waals surface area (Å²) in [6, 6.07) is 3.14. The number of halogens is 1. The van der Waals surface area contributed by atoms with Gasteiger partial charge in [-0.15, -0.1) is 0 Å². The number of nitrogens with zero attached hydrogens (tertiary/aromatic N) is 1. The molecule has 2 N–H and O–H groups in total. The van der Waals surface area contributed by atoms with E-state index >= 15 is 0 Å². The number of pyridine rings is 1.